The van der Waals surface area contributed by atoms with Gasteiger partial charge < -0.3 is 0 Å². The fourth-order valence-corrected chi connectivity index (χ4v) is 1.10. The smallest absolute Gasteiger partial charge is 0.202 e. The predicted octanol–water partition coefficient (Wildman–Crippen LogP) is 2.78. The standard InChI is InChI=1S/C6H4F7O/c7-3(8)1-2-4(9,14)6(12,13)5(3,10)11/h1-2H2. The van der Waals surface area contributed by atoms with Gasteiger partial charge in [-0.1, -0.05) is 0 Å². The molecule has 1 saturated carbocycles. The zero-order valence-electron chi connectivity index (χ0n) is 6.47. The van der Waals surface area contributed by atoms with Gasteiger partial charge in [0.15, 0.2) is 0 Å². The van der Waals surface area contributed by atoms with Crippen molar-refractivity contribution in [3.63, 3.8) is 0 Å². The molecule has 1 unspecified atom stereocenters. The van der Waals surface area contributed by atoms with Gasteiger partial charge in [-0.05, 0) is 0 Å². The second-order valence-corrected chi connectivity index (χ2v) is 3.08. The summed E-state index contributed by atoms with van der Waals surface area (Å²) in [5.74, 6) is -21.8. The minimum Gasteiger partial charge on any atom is -0.202 e. The van der Waals surface area contributed by atoms with E-state index in [0.717, 1.165) is 0 Å². The number of rotatable bonds is 0. The Kier molecular flexibility index (Phi) is 2.09. The highest BCUT2D eigenvalue weighted by molar-refractivity contribution is 5.07. The van der Waals surface area contributed by atoms with Crippen molar-refractivity contribution in [1.82, 2.24) is 0 Å². The van der Waals surface area contributed by atoms with Crippen LogP contribution in [0.2, 0.25) is 0 Å². The quantitative estimate of drug-likeness (QED) is 0.565. The number of hydrogen-bond donors (Lipinski definition) is 0. The molecule has 0 N–H and O–H groups in total. The van der Waals surface area contributed by atoms with Crippen LogP contribution in [-0.2, 0) is 5.11 Å². The van der Waals surface area contributed by atoms with Crippen molar-refractivity contribution in [2.24, 2.45) is 0 Å². The Labute approximate surface area is 73.5 Å². The highest BCUT2D eigenvalue weighted by atomic mass is 19.3. The second-order valence-electron chi connectivity index (χ2n) is 3.08. The Morgan fingerprint density at radius 2 is 1.14 bits per heavy atom. The first-order chi connectivity index (χ1) is 5.96. The van der Waals surface area contributed by atoms with Crippen LogP contribution in [0, 0.1) is 0 Å². The van der Waals surface area contributed by atoms with Crippen LogP contribution in [0.1, 0.15) is 12.8 Å². The summed E-state index contributed by atoms with van der Waals surface area (Å²) in [6.45, 7) is 0. The van der Waals surface area contributed by atoms with Crippen LogP contribution < -0.4 is 0 Å². The van der Waals surface area contributed by atoms with Crippen LogP contribution in [0.4, 0.5) is 30.7 Å². The molecule has 1 fully saturated rings. The van der Waals surface area contributed by atoms with Crippen LogP contribution in [0.15, 0.2) is 0 Å². The number of hydrogen-bond acceptors (Lipinski definition) is 0. The zero-order chi connectivity index (χ0) is 11.4. The van der Waals surface area contributed by atoms with E-state index in [0.29, 0.717) is 0 Å². The molecule has 1 aliphatic carbocycles. The maximum atomic E-state index is 12.4. The van der Waals surface area contributed by atoms with Gasteiger partial charge in [-0.3, -0.25) is 0 Å². The summed E-state index contributed by atoms with van der Waals surface area (Å²) < 4.78 is 86.2. The molecule has 1 aliphatic rings. The highest BCUT2D eigenvalue weighted by Crippen LogP contribution is 2.58. The third-order valence-corrected chi connectivity index (χ3v) is 2.08. The molecule has 14 heavy (non-hydrogen) atoms. The maximum Gasteiger partial charge on any atom is 0.377 e. The van der Waals surface area contributed by atoms with Crippen LogP contribution >= 0.6 is 0 Å². The first kappa shape index (κ1) is 11.5. The van der Waals surface area contributed by atoms with Crippen LogP contribution in [0.3, 0.4) is 0 Å². The molecule has 0 aromatic heterocycles. The maximum absolute atomic E-state index is 12.4. The summed E-state index contributed by atoms with van der Waals surface area (Å²) in [5.41, 5.74) is 0. The van der Waals surface area contributed by atoms with E-state index in [1.54, 1.807) is 0 Å². The summed E-state index contributed by atoms with van der Waals surface area (Å²) in [6.07, 6.45) is -3.74. The molecule has 1 radical (unpaired) electrons. The summed E-state index contributed by atoms with van der Waals surface area (Å²) in [6, 6.07) is 0. The molecule has 0 aromatic carbocycles. The SMILES string of the molecule is [O]C1(F)CCC(F)(F)C(F)(F)C1(F)F. The lowest BCUT2D eigenvalue weighted by atomic mass is 9.85. The van der Waals surface area contributed by atoms with Crippen molar-refractivity contribution in [3.05, 3.63) is 0 Å². The molecule has 0 saturated heterocycles. The molecular formula is C6H4F7O. The molecule has 0 aliphatic heterocycles. The zero-order valence-corrected chi connectivity index (χ0v) is 6.47. The minimum atomic E-state index is -5.95. The van der Waals surface area contributed by atoms with Crippen molar-refractivity contribution in [3.8, 4) is 0 Å². The molecule has 83 valence electrons. The first-order valence-electron chi connectivity index (χ1n) is 3.48. The van der Waals surface area contributed by atoms with Crippen molar-refractivity contribution >= 4 is 0 Å². The van der Waals surface area contributed by atoms with E-state index in [1.807, 2.05) is 0 Å². The number of alkyl halides is 7. The van der Waals surface area contributed by atoms with Gasteiger partial charge in [0.25, 0.3) is 0 Å². The summed E-state index contributed by atoms with van der Waals surface area (Å²) in [4.78, 5) is 0. The Morgan fingerprint density at radius 1 is 0.714 bits per heavy atom. The number of halogens is 7. The van der Waals surface area contributed by atoms with Gasteiger partial charge in [0.2, 0.25) is 0 Å². The molecule has 8 heteroatoms. The molecule has 0 amide bonds. The van der Waals surface area contributed by atoms with E-state index >= 15 is 0 Å². The molecular weight excluding hydrogens is 221 g/mol. The van der Waals surface area contributed by atoms with E-state index in [4.69, 9.17) is 0 Å². The van der Waals surface area contributed by atoms with Crippen molar-refractivity contribution in [2.75, 3.05) is 0 Å². The van der Waals surface area contributed by atoms with Crippen molar-refractivity contribution in [1.29, 1.82) is 0 Å². The summed E-state index contributed by atoms with van der Waals surface area (Å²) >= 11 is 0. The Bertz CT molecular complexity index is 221. The van der Waals surface area contributed by atoms with E-state index < -0.39 is 36.5 Å². The summed E-state index contributed by atoms with van der Waals surface area (Å²) in [7, 11) is 0. The van der Waals surface area contributed by atoms with Gasteiger partial charge >= 0.3 is 23.6 Å². The van der Waals surface area contributed by atoms with Gasteiger partial charge in [0.05, 0.1) is 0 Å². The van der Waals surface area contributed by atoms with Gasteiger partial charge in [-0.25, -0.2) is 4.39 Å². The molecule has 0 bridgehead atoms. The topological polar surface area (TPSA) is 19.9 Å². The first-order valence-corrected chi connectivity index (χ1v) is 3.48. The van der Waals surface area contributed by atoms with Gasteiger partial charge in [0, 0.05) is 12.8 Å². The van der Waals surface area contributed by atoms with Gasteiger partial charge in [-0.2, -0.15) is 31.4 Å². The fourth-order valence-electron chi connectivity index (χ4n) is 1.10. The second kappa shape index (κ2) is 2.53. The normalized spacial score (nSPS) is 39.4. The molecule has 0 aromatic rings. The van der Waals surface area contributed by atoms with E-state index in [-0.39, 0.29) is 0 Å². The Balaban J connectivity index is 3.20. The molecule has 1 rings (SSSR count). The third kappa shape index (κ3) is 1.12. The van der Waals surface area contributed by atoms with Crippen molar-refractivity contribution < 1.29 is 35.8 Å². The largest absolute Gasteiger partial charge is 0.377 e. The molecule has 1 atom stereocenters. The molecule has 0 heterocycles. The average molecular weight is 225 g/mol. The average Bonchev–Trinajstić information content (AvgIpc) is 1.98. The lowest BCUT2D eigenvalue weighted by Gasteiger charge is -2.41. The van der Waals surface area contributed by atoms with Crippen LogP contribution in [-0.4, -0.2) is 23.6 Å². The Hall–Kier alpha value is -0.530. The summed E-state index contributed by atoms with van der Waals surface area (Å²) in [5, 5.41) is 10.2. The van der Waals surface area contributed by atoms with Gasteiger partial charge in [-0.15, -0.1) is 0 Å². The van der Waals surface area contributed by atoms with E-state index in [2.05, 4.69) is 0 Å². The minimum absolute atomic E-state index is 1.84. The highest BCUT2D eigenvalue weighted by Gasteiger charge is 2.83. The Morgan fingerprint density at radius 3 is 1.50 bits per heavy atom. The van der Waals surface area contributed by atoms with E-state index in [9.17, 15) is 35.8 Å². The monoisotopic (exact) mass is 225 g/mol. The van der Waals surface area contributed by atoms with Crippen molar-refractivity contribution in [2.45, 2.75) is 36.5 Å². The molecule has 1 nitrogen and oxygen atoms in total. The molecule has 0 spiro atoms. The lowest BCUT2D eigenvalue weighted by molar-refractivity contribution is -0.419. The predicted molar refractivity (Wildman–Crippen MR) is 28.6 cm³/mol. The van der Waals surface area contributed by atoms with Crippen LogP contribution in [0.5, 0.6) is 0 Å². The van der Waals surface area contributed by atoms with Crippen LogP contribution in [0.25, 0.3) is 0 Å². The van der Waals surface area contributed by atoms with E-state index in [1.165, 1.54) is 0 Å². The van der Waals surface area contributed by atoms with Gasteiger partial charge in [0.1, 0.15) is 0 Å². The fraction of sp³-hybridized carbons (Fsp3) is 1.00. The lowest BCUT2D eigenvalue weighted by Crippen LogP contribution is -2.67. The third-order valence-electron chi connectivity index (χ3n) is 2.08.